The first-order valence-corrected chi connectivity index (χ1v) is 6.79. The Bertz CT molecular complexity index is 583. The van der Waals surface area contributed by atoms with Crippen molar-refractivity contribution in [3.05, 3.63) is 47.5 Å². The van der Waals surface area contributed by atoms with Crippen LogP contribution in [0.5, 0.6) is 0 Å². The highest BCUT2D eigenvalue weighted by Crippen LogP contribution is 2.40. The van der Waals surface area contributed by atoms with E-state index < -0.39 is 0 Å². The monoisotopic (exact) mass is 240 g/mol. The highest BCUT2D eigenvalue weighted by molar-refractivity contribution is 5.87. The summed E-state index contributed by atoms with van der Waals surface area (Å²) in [7, 11) is 0. The lowest BCUT2D eigenvalue weighted by Gasteiger charge is -2.38. The van der Waals surface area contributed by atoms with E-state index >= 15 is 0 Å². The van der Waals surface area contributed by atoms with Crippen LogP contribution in [-0.4, -0.2) is 5.60 Å². The number of hydrogen-bond donors (Lipinski definition) is 0. The van der Waals surface area contributed by atoms with E-state index in [0.717, 1.165) is 12.8 Å². The zero-order chi connectivity index (χ0) is 12.8. The van der Waals surface area contributed by atoms with Gasteiger partial charge in [0.2, 0.25) is 0 Å². The summed E-state index contributed by atoms with van der Waals surface area (Å²) in [6, 6.07) is 13.1. The second kappa shape index (κ2) is 4.10. The largest absolute Gasteiger partial charge is 0.367 e. The van der Waals surface area contributed by atoms with Crippen molar-refractivity contribution in [3.8, 4) is 0 Å². The molecule has 0 amide bonds. The molecule has 0 saturated heterocycles. The van der Waals surface area contributed by atoms with E-state index in [2.05, 4.69) is 57.2 Å². The third-order valence-electron chi connectivity index (χ3n) is 3.86. The minimum absolute atomic E-state index is 0.0577. The average molecular weight is 240 g/mol. The number of ether oxygens (including phenoxy) is 1. The molecule has 0 saturated carbocycles. The van der Waals surface area contributed by atoms with Crippen molar-refractivity contribution >= 4 is 10.8 Å². The molecule has 1 aliphatic rings. The van der Waals surface area contributed by atoms with Crippen LogP contribution < -0.4 is 0 Å². The first-order chi connectivity index (χ1) is 8.61. The summed E-state index contributed by atoms with van der Waals surface area (Å²) < 4.78 is 6.20. The molecule has 0 radical (unpaired) electrons. The number of fused-ring (bicyclic) bond motifs is 3. The molecular formula is C17H20O. The fourth-order valence-corrected chi connectivity index (χ4v) is 3.07. The van der Waals surface area contributed by atoms with Gasteiger partial charge < -0.3 is 4.74 Å². The lowest BCUT2D eigenvalue weighted by atomic mass is 9.84. The van der Waals surface area contributed by atoms with Crippen molar-refractivity contribution < 1.29 is 4.74 Å². The van der Waals surface area contributed by atoms with E-state index in [9.17, 15) is 0 Å². The van der Waals surface area contributed by atoms with Crippen LogP contribution in [0.3, 0.4) is 0 Å². The van der Waals surface area contributed by atoms with E-state index in [-0.39, 0.29) is 11.7 Å². The van der Waals surface area contributed by atoms with Gasteiger partial charge in [-0.05, 0) is 42.2 Å². The minimum atomic E-state index is -0.0577. The second-order valence-corrected chi connectivity index (χ2v) is 5.81. The van der Waals surface area contributed by atoms with Crippen molar-refractivity contribution in [1.29, 1.82) is 0 Å². The zero-order valence-corrected chi connectivity index (χ0v) is 11.4. The number of rotatable bonds is 1. The standard InChI is InChI=1S/C17H20O/c1-4-16-14-10-9-12-7-5-6-8-13(12)15(14)11-17(2,3)18-16/h5-10,16H,4,11H2,1-3H3. The Labute approximate surface area is 109 Å². The quantitative estimate of drug-likeness (QED) is 0.705. The summed E-state index contributed by atoms with van der Waals surface area (Å²) in [6.45, 7) is 6.59. The zero-order valence-electron chi connectivity index (χ0n) is 11.4. The van der Waals surface area contributed by atoms with Crippen LogP contribution in [0.2, 0.25) is 0 Å². The minimum Gasteiger partial charge on any atom is -0.367 e. The van der Waals surface area contributed by atoms with E-state index in [1.54, 1.807) is 0 Å². The second-order valence-electron chi connectivity index (χ2n) is 5.81. The Morgan fingerprint density at radius 1 is 1.17 bits per heavy atom. The third kappa shape index (κ3) is 1.83. The van der Waals surface area contributed by atoms with Crippen LogP contribution in [0.4, 0.5) is 0 Å². The van der Waals surface area contributed by atoms with E-state index in [1.165, 1.54) is 21.9 Å². The summed E-state index contributed by atoms with van der Waals surface area (Å²) in [4.78, 5) is 0. The Kier molecular flexibility index (Phi) is 2.67. The van der Waals surface area contributed by atoms with Crippen molar-refractivity contribution in [2.45, 2.75) is 45.3 Å². The lowest BCUT2D eigenvalue weighted by molar-refractivity contribution is -0.0855. The highest BCUT2D eigenvalue weighted by Gasteiger charge is 2.32. The Morgan fingerprint density at radius 3 is 2.72 bits per heavy atom. The molecular weight excluding hydrogens is 220 g/mol. The molecule has 3 rings (SSSR count). The molecule has 2 aromatic carbocycles. The SMILES string of the molecule is CCC1OC(C)(C)Cc2c1ccc1ccccc21. The summed E-state index contributed by atoms with van der Waals surface area (Å²) in [5.41, 5.74) is 2.81. The molecule has 2 aromatic rings. The maximum absolute atomic E-state index is 6.20. The molecule has 1 heterocycles. The van der Waals surface area contributed by atoms with Crippen LogP contribution in [0.25, 0.3) is 10.8 Å². The molecule has 0 fully saturated rings. The predicted molar refractivity (Wildman–Crippen MR) is 75.8 cm³/mol. The smallest absolute Gasteiger partial charge is 0.0832 e. The summed E-state index contributed by atoms with van der Waals surface area (Å²) in [6.07, 6.45) is 2.28. The summed E-state index contributed by atoms with van der Waals surface area (Å²) in [5, 5.41) is 2.73. The van der Waals surface area contributed by atoms with Gasteiger partial charge in [0.05, 0.1) is 11.7 Å². The molecule has 0 aliphatic carbocycles. The maximum atomic E-state index is 6.20. The third-order valence-corrected chi connectivity index (χ3v) is 3.86. The van der Waals surface area contributed by atoms with Crippen molar-refractivity contribution in [2.24, 2.45) is 0 Å². The Hall–Kier alpha value is -1.34. The number of benzene rings is 2. The molecule has 1 nitrogen and oxygen atoms in total. The van der Waals surface area contributed by atoms with Gasteiger partial charge in [-0.25, -0.2) is 0 Å². The van der Waals surface area contributed by atoms with Crippen LogP contribution in [-0.2, 0) is 11.2 Å². The number of hydrogen-bond acceptors (Lipinski definition) is 1. The topological polar surface area (TPSA) is 9.23 Å². The highest BCUT2D eigenvalue weighted by atomic mass is 16.5. The first kappa shape index (κ1) is 11.7. The van der Waals surface area contributed by atoms with E-state index in [0.29, 0.717) is 0 Å². The van der Waals surface area contributed by atoms with Gasteiger partial charge in [-0.1, -0.05) is 43.3 Å². The van der Waals surface area contributed by atoms with Crippen molar-refractivity contribution in [1.82, 2.24) is 0 Å². The van der Waals surface area contributed by atoms with E-state index in [1.807, 2.05) is 0 Å². The fourth-order valence-electron chi connectivity index (χ4n) is 3.07. The molecule has 0 spiro atoms. The van der Waals surface area contributed by atoms with Gasteiger partial charge in [0, 0.05) is 6.42 Å². The molecule has 94 valence electrons. The van der Waals surface area contributed by atoms with Gasteiger partial charge in [-0.3, -0.25) is 0 Å². The van der Waals surface area contributed by atoms with Crippen LogP contribution in [0, 0.1) is 0 Å². The van der Waals surface area contributed by atoms with Gasteiger partial charge in [-0.15, -0.1) is 0 Å². The average Bonchev–Trinajstić information content (AvgIpc) is 2.36. The first-order valence-electron chi connectivity index (χ1n) is 6.79. The molecule has 1 unspecified atom stereocenters. The van der Waals surface area contributed by atoms with Crippen LogP contribution in [0.15, 0.2) is 36.4 Å². The van der Waals surface area contributed by atoms with Gasteiger partial charge in [0.1, 0.15) is 0 Å². The molecule has 1 aliphatic heterocycles. The van der Waals surface area contributed by atoms with Crippen LogP contribution in [0.1, 0.15) is 44.4 Å². The van der Waals surface area contributed by atoms with Crippen molar-refractivity contribution in [3.63, 3.8) is 0 Å². The van der Waals surface area contributed by atoms with Crippen molar-refractivity contribution in [2.75, 3.05) is 0 Å². The van der Waals surface area contributed by atoms with Gasteiger partial charge in [0.15, 0.2) is 0 Å². The van der Waals surface area contributed by atoms with Gasteiger partial charge in [0.25, 0.3) is 0 Å². The normalized spacial score (nSPS) is 21.8. The fraction of sp³-hybridized carbons (Fsp3) is 0.412. The van der Waals surface area contributed by atoms with E-state index in [4.69, 9.17) is 4.74 Å². The van der Waals surface area contributed by atoms with Crippen LogP contribution >= 0.6 is 0 Å². The molecule has 0 aromatic heterocycles. The predicted octanol–water partition coefficient (Wildman–Crippen LogP) is 4.64. The molecule has 1 atom stereocenters. The molecule has 0 N–H and O–H groups in total. The van der Waals surface area contributed by atoms with Gasteiger partial charge >= 0.3 is 0 Å². The maximum Gasteiger partial charge on any atom is 0.0832 e. The Balaban J connectivity index is 2.25. The Morgan fingerprint density at radius 2 is 1.94 bits per heavy atom. The summed E-state index contributed by atoms with van der Waals surface area (Å²) >= 11 is 0. The molecule has 18 heavy (non-hydrogen) atoms. The molecule has 0 bridgehead atoms. The van der Waals surface area contributed by atoms with Gasteiger partial charge in [-0.2, -0.15) is 0 Å². The lowest BCUT2D eigenvalue weighted by Crippen LogP contribution is -2.34. The summed E-state index contributed by atoms with van der Waals surface area (Å²) in [5.74, 6) is 0. The molecule has 1 heteroatoms.